The maximum absolute atomic E-state index is 12.6. The lowest BCUT2D eigenvalue weighted by Crippen LogP contribution is -3.00. The third kappa shape index (κ3) is 2.89. The summed E-state index contributed by atoms with van der Waals surface area (Å²) in [4.78, 5) is 16.7. The Bertz CT molecular complexity index is 657. The van der Waals surface area contributed by atoms with E-state index >= 15 is 0 Å². The Morgan fingerprint density at radius 2 is 2.00 bits per heavy atom. The van der Waals surface area contributed by atoms with E-state index in [0.717, 1.165) is 20.9 Å². The van der Waals surface area contributed by atoms with Gasteiger partial charge in [-0.3, -0.25) is 0 Å². The fourth-order valence-corrected chi connectivity index (χ4v) is 5.52. The Kier molecular flexibility index (Phi) is 5.72. The summed E-state index contributed by atoms with van der Waals surface area (Å²) in [6.07, 6.45) is 2.02. The van der Waals surface area contributed by atoms with Crippen LogP contribution >= 0.6 is 35.3 Å². The Morgan fingerprint density at radius 3 is 2.57 bits per heavy atom. The highest BCUT2D eigenvalue weighted by molar-refractivity contribution is 8.40. The van der Waals surface area contributed by atoms with E-state index in [0.29, 0.717) is 0 Å². The molecule has 112 valence electrons. The van der Waals surface area contributed by atoms with E-state index < -0.39 is 0 Å². The first-order chi connectivity index (χ1) is 9.67. The minimum atomic E-state index is 0. The summed E-state index contributed by atoms with van der Waals surface area (Å²) in [5.41, 5.74) is 1.18. The second-order valence-corrected chi connectivity index (χ2v) is 7.47. The van der Waals surface area contributed by atoms with E-state index in [1.165, 1.54) is 10.6 Å². The van der Waals surface area contributed by atoms with Crippen LogP contribution < -0.4 is 28.9 Å². The van der Waals surface area contributed by atoms with Crippen LogP contribution in [0.4, 0.5) is 5.69 Å². The lowest BCUT2D eigenvalue weighted by atomic mass is 10.3. The number of fused-ring (bicyclic) bond motifs is 1. The molecule has 2 aliphatic heterocycles. The summed E-state index contributed by atoms with van der Waals surface area (Å²) in [5, 5.41) is 1.05. The molecular formula is C14H15IN2OS3. The highest BCUT2D eigenvalue weighted by atomic mass is 127. The number of amides is 1. The third-order valence-electron chi connectivity index (χ3n) is 3.27. The first-order valence-electron chi connectivity index (χ1n) is 6.33. The van der Waals surface area contributed by atoms with Crippen molar-refractivity contribution in [2.75, 3.05) is 24.7 Å². The number of hydrogen-bond donors (Lipinski definition) is 0. The van der Waals surface area contributed by atoms with Crippen LogP contribution in [-0.4, -0.2) is 34.7 Å². The molecule has 0 aliphatic carbocycles. The van der Waals surface area contributed by atoms with Crippen molar-refractivity contribution >= 4 is 51.3 Å². The fraction of sp³-hybridized carbons (Fsp3) is 0.286. The van der Waals surface area contributed by atoms with Gasteiger partial charge < -0.3 is 28.9 Å². The number of benzene rings is 1. The monoisotopic (exact) mass is 450 g/mol. The Hall–Kier alpha value is -0.120. The third-order valence-corrected chi connectivity index (χ3v) is 6.92. The summed E-state index contributed by atoms with van der Waals surface area (Å²) < 4.78 is 2.93. The first-order valence-corrected chi connectivity index (χ1v) is 9.18. The van der Waals surface area contributed by atoms with E-state index in [-0.39, 0.29) is 29.9 Å². The Balaban J connectivity index is 0.00000161. The molecule has 21 heavy (non-hydrogen) atoms. The molecule has 0 bridgehead atoms. The minimum Gasteiger partial charge on any atom is -1.00 e. The molecule has 2 aliphatic rings. The van der Waals surface area contributed by atoms with Crippen LogP contribution in [0, 0.1) is 0 Å². The lowest BCUT2D eigenvalue weighted by Gasteiger charge is -2.13. The fourth-order valence-electron chi connectivity index (χ4n) is 2.25. The van der Waals surface area contributed by atoms with Crippen molar-refractivity contribution in [2.24, 2.45) is 0 Å². The molecule has 2 heterocycles. The normalized spacial score (nSPS) is 20.9. The zero-order chi connectivity index (χ0) is 14.3. The van der Waals surface area contributed by atoms with Crippen LogP contribution in [0.1, 0.15) is 6.92 Å². The molecule has 3 nitrogen and oxygen atoms in total. The number of rotatable bonds is 1. The summed E-state index contributed by atoms with van der Waals surface area (Å²) in [6, 6.07) is 8.27. The van der Waals surface area contributed by atoms with Gasteiger partial charge in [0.15, 0.2) is 11.4 Å². The van der Waals surface area contributed by atoms with Gasteiger partial charge >= 0.3 is 5.91 Å². The van der Waals surface area contributed by atoms with Crippen molar-refractivity contribution in [1.29, 1.82) is 0 Å². The average Bonchev–Trinajstić information content (AvgIpc) is 2.97. The predicted molar refractivity (Wildman–Crippen MR) is 89.6 cm³/mol. The standard InChI is InChI=1S/C14H15N2OS3.HI/c1-4-16-12(17)11(20-14(16)18-3)13-15(2)9-7-5-6-8-10(9)19-13;/h5-8H,4H2,1-3H3;1H/q+1;/p-1/b13-11+;. The summed E-state index contributed by atoms with van der Waals surface area (Å²) >= 11 is 4.92. The highest BCUT2D eigenvalue weighted by Crippen LogP contribution is 2.49. The molecule has 0 aromatic heterocycles. The summed E-state index contributed by atoms with van der Waals surface area (Å²) in [5.74, 6) is 0.129. The first kappa shape index (κ1) is 17.2. The number of hydrogen-bond acceptors (Lipinski definition) is 5. The molecule has 0 N–H and O–H groups in total. The quantitative estimate of drug-likeness (QED) is 0.351. The van der Waals surface area contributed by atoms with Gasteiger partial charge in [0.1, 0.15) is 5.03 Å². The maximum Gasteiger partial charge on any atom is 0.430 e. The molecule has 0 spiro atoms. The topological polar surface area (TPSA) is 23.3 Å². The van der Waals surface area contributed by atoms with Crippen molar-refractivity contribution in [2.45, 2.75) is 11.8 Å². The van der Waals surface area contributed by atoms with Gasteiger partial charge in [0.25, 0.3) is 4.38 Å². The number of carbonyl (C=O) groups excluding carboxylic acids is 1. The zero-order valence-corrected chi connectivity index (χ0v) is 16.5. The summed E-state index contributed by atoms with van der Waals surface area (Å²) in [6.45, 7) is 2.74. The molecule has 0 radical (unpaired) electrons. The van der Waals surface area contributed by atoms with Gasteiger partial charge in [0, 0.05) is 23.7 Å². The van der Waals surface area contributed by atoms with E-state index in [1.54, 1.807) is 35.3 Å². The Morgan fingerprint density at radius 1 is 1.29 bits per heavy atom. The van der Waals surface area contributed by atoms with Gasteiger partial charge in [0.2, 0.25) is 0 Å². The van der Waals surface area contributed by atoms with E-state index in [9.17, 15) is 4.79 Å². The second kappa shape index (κ2) is 6.97. The average molecular weight is 450 g/mol. The molecule has 7 heteroatoms. The van der Waals surface area contributed by atoms with Crippen LogP contribution in [-0.2, 0) is 4.79 Å². The number of carbonyl (C=O) groups is 1. The molecule has 0 saturated heterocycles. The number of halogens is 1. The molecule has 1 aromatic carbocycles. The molecule has 1 amide bonds. The van der Waals surface area contributed by atoms with E-state index in [4.69, 9.17) is 0 Å². The molecule has 0 atom stereocenters. The van der Waals surface area contributed by atoms with Crippen molar-refractivity contribution in [3.63, 3.8) is 0 Å². The number of anilines is 1. The van der Waals surface area contributed by atoms with Crippen molar-refractivity contribution < 1.29 is 33.3 Å². The minimum absolute atomic E-state index is 0. The van der Waals surface area contributed by atoms with Gasteiger partial charge in [-0.2, -0.15) is 0 Å². The maximum atomic E-state index is 12.6. The number of nitrogens with zero attached hydrogens (tertiary/aromatic N) is 2. The van der Waals surface area contributed by atoms with Crippen LogP contribution in [0.25, 0.3) is 0 Å². The molecule has 0 unspecified atom stereocenters. The SMILES string of the molecule is CC[N+]1=C(SC)S/C(=C2/Sc3ccccc3N2C)C1=O.[I-]. The van der Waals surface area contributed by atoms with E-state index in [1.807, 2.05) is 36.9 Å². The van der Waals surface area contributed by atoms with Crippen LogP contribution in [0.5, 0.6) is 0 Å². The number of para-hydroxylation sites is 1. The second-order valence-electron chi connectivity index (χ2n) is 4.38. The highest BCUT2D eigenvalue weighted by Gasteiger charge is 2.41. The Labute approximate surface area is 154 Å². The molecule has 0 saturated carbocycles. The van der Waals surface area contributed by atoms with Gasteiger partial charge in [-0.1, -0.05) is 35.7 Å². The van der Waals surface area contributed by atoms with Gasteiger partial charge in [-0.05, 0) is 25.3 Å². The summed E-state index contributed by atoms with van der Waals surface area (Å²) in [7, 11) is 2.03. The van der Waals surface area contributed by atoms with Crippen LogP contribution in [0.3, 0.4) is 0 Å². The predicted octanol–water partition coefficient (Wildman–Crippen LogP) is 0.426. The van der Waals surface area contributed by atoms with Crippen molar-refractivity contribution in [1.82, 2.24) is 0 Å². The number of likely N-dealkylation sites (N-methyl/N-ethyl adjacent to an activating group) is 1. The molecular weight excluding hydrogens is 435 g/mol. The molecule has 1 aromatic rings. The van der Waals surface area contributed by atoms with Crippen molar-refractivity contribution in [3.8, 4) is 0 Å². The molecule has 3 rings (SSSR count). The zero-order valence-electron chi connectivity index (χ0n) is 11.9. The van der Waals surface area contributed by atoms with Crippen molar-refractivity contribution in [3.05, 3.63) is 34.2 Å². The largest absolute Gasteiger partial charge is 1.00 e. The van der Waals surface area contributed by atoms with Gasteiger partial charge in [0.05, 0.1) is 5.69 Å². The smallest absolute Gasteiger partial charge is 0.430 e. The van der Waals surface area contributed by atoms with E-state index in [2.05, 4.69) is 17.0 Å². The van der Waals surface area contributed by atoms with Gasteiger partial charge in [-0.25, -0.2) is 4.79 Å². The lowest BCUT2D eigenvalue weighted by molar-refractivity contribution is -0.433. The van der Waals surface area contributed by atoms with Crippen LogP contribution in [0.15, 0.2) is 39.1 Å². The van der Waals surface area contributed by atoms with Gasteiger partial charge in [-0.15, -0.1) is 4.58 Å². The van der Waals surface area contributed by atoms with Crippen LogP contribution in [0.2, 0.25) is 0 Å². The molecule has 0 fully saturated rings. The number of thioether (sulfide) groups is 3.